The lowest BCUT2D eigenvalue weighted by molar-refractivity contribution is -0.116. The van der Waals surface area contributed by atoms with Crippen LogP contribution < -0.4 is 10.6 Å². The predicted octanol–water partition coefficient (Wildman–Crippen LogP) is 3.32. The van der Waals surface area contributed by atoms with E-state index in [1.807, 2.05) is 0 Å². The van der Waals surface area contributed by atoms with Gasteiger partial charge in [-0.3, -0.25) is 4.79 Å². The number of amides is 1. The molecule has 1 aromatic carbocycles. The second-order valence-corrected chi connectivity index (χ2v) is 5.41. The summed E-state index contributed by atoms with van der Waals surface area (Å²) in [5.41, 5.74) is 0.621. The van der Waals surface area contributed by atoms with Gasteiger partial charge in [0.1, 0.15) is 0 Å². The molecular formula is C13H16Cl2N2O. The van der Waals surface area contributed by atoms with E-state index < -0.39 is 0 Å². The Morgan fingerprint density at radius 3 is 2.94 bits per heavy atom. The van der Waals surface area contributed by atoms with Crippen molar-refractivity contribution in [2.24, 2.45) is 5.92 Å². The molecule has 1 aliphatic heterocycles. The molecule has 0 aliphatic carbocycles. The quantitative estimate of drug-likeness (QED) is 0.892. The molecule has 5 heteroatoms. The number of halogens is 2. The Kier molecular flexibility index (Phi) is 4.87. The zero-order chi connectivity index (χ0) is 13.0. The fourth-order valence-corrected chi connectivity index (χ4v) is 2.56. The Hall–Kier alpha value is -0.770. The molecular weight excluding hydrogens is 271 g/mol. The van der Waals surface area contributed by atoms with E-state index in [1.165, 1.54) is 0 Å². The van der Waals surface area contributed by atoms with E-state index in [2.05, 4.69) is 10.6 Å². The summed E-state index contributed by atoms with van der Waals surface area (Å²) in [5.74, 6) is 0.627. The van der Waals surface area contributed by atoms with E-state index in [9.17, 15) is 4.79 Å². The highest BCUT2D eigenvalue weighted by Crippen LogP contribution is 2.25. The van der Waals surface area contributed by atoms with Crippen LogP contribution in [0.5, 0.6) is 0 Å². The fraction of sp³-hybridized carbons (Fsp3) is 0.462. The van der Waals surface area contributed by atoms with Gasteiger partial charge in [-0.2, -0.15) is 0 Å². The van der Waals surface area contributed by atoms with Gasteiger partial charge in [0.25, 0.3) is 0 Å². The van der Waals surface area contributed by atoms with Crippen LogP contribution in [0, 0.1) is 5.92 Å². The third-order valence-electron chi connectivity index (χ3n) is 3.15. The zero-order valence-electron chi connectivity index (χ0n) is 10.0. The Morgan fingerprint density at radius 2 is 2.28 bits per heavy atom. The van der Waals surface area contributed by atoms with Gasteiger partial charge in [-0.15, -0.1) is 0 Å². The smallest absolute Gasteiger partial charge is 0.224 e. The molecule has 1 aliphatic rings. The van der Waals surface area contributed by atoms with Gasteiger partial charge in [0.15, 0.2) is 0 Å². The summed E-state index contributed by atoms with van der Waals surface area (Å²) in [7, 11) is 0. The maximum atomic E-state index is 11.8. The lowest BCUT2D eigenvalue weighted by Crippen LogP contribution is -2.15. The van der Waals surface area contributed by atoms with Crippen LogP contribution in [0.1, 0.15) is 19.3 Å². The van der Waals surface area contributed by atoms with Crippen LogP contribution in [0.25, 0.3) is 0 Å². The average molecular weight is 287 g/mol. The molecule has 1 heterocycles. The first-order valence-corrected chi connectivity index (χ1v) is 6.86. The lowest BCUT2D eigenvalue weighted by atomic mass is 10.0. The van der Waals surface area contributed by atoms with Crippen LogP contribution in [0.4, 0.5) is 5.69 Å². The van der Waals surface area contributed by atoms with E-state index in [1.54, 1.807) is 18.2 Å². The fourth-order valence-electron chi connectivity index (χ4n) is 2.10. The van der Waals surface area contributed by atoms with Crippen LogP contribution in [0.15, 0.2) is 18.2 Å². The van der Waals surface area contributed by atoms with Crippen molar-refractivity contribution >= 4 is 34.8 Å². The topological polar surface area (TPSA) is 41.1 Å². The second-order valence-electron chi connectivity index (χ2n) is 4.57. The van der Waals surface area contributed by atoms with E-state index in [0.717, 1.165) is 25.9 Å². The van der Waals surface area contributed by atoms with Crippen LogP contribution in [-0.4, -0.2) is 19.0 Å². The SMILES string of the molecule is O=C(CCC1CCNC1)Nc1ccc(Cl)cc1Cl. The summed E-state index contributed by atoms with van der Waals surface area (Å²) in [4.78, 5) is 11.8. The summed E-state index contributed by atoms with van der Waals surface area (Å²) in [6, 6.07) is 5.06. The molecule has 0 saturated carbocycles. The summed E-state index contributed by atoms with van der Waals surface area (Å²) < 4.78 is 0. The minimum atomic E-state index is 0.00567. The van der Waals surface area contributed by atoms with Crippen LogP contribution in [0.2, 0.25) is 10.0 Å². The van der Waals surface area contributed by atoms with Gasteiger partial charge >= 0.3 is 0 Å². The molecule has 2 rings (SSSR count). The Labute approximate surface area is 117 Å². The highest BCUT2D eigenvalue weighted by Gasteiger charge is 2.16. The molecule has 1 amide bonds. The van der Waals surface area contributed by atoms with Gasteiger partial charge < -0.3 is 10.6 Å². The highest BCUT2D eigenvalue weighted by molar-refractivity contribution is 6.36. The zero-order valence-corrected chi connectivity index (χ0v) is 11.5. The molecule has 98 valence electrons. The molecule has 0 spiro atoms. The molecule has 0 aromatic heterocycles. The summed E-state index contributed by atoms with van der Waals surface area (Å²) in [6.45, 7) is 2.09. The number of carbonyl (C=O) groups excluding carboxylic acids is 1. The number of hydrogen-bond acceptors (Lipinski definition) is 2. The molecule has 1 atom stereocenters. The van der Waals surface area contributed by atoms with Crippen molar-refractivity contribution in [1.82, 2.24) is 5.32 Å². The average Bonchev–Trinajstić information content (AvgIpc) is 2.83. The first kappa shape index (κ1) is 13.7. The Balaban J connectivity index is 1.82. The normalized spacial score (nSPS) is 18.9. The van der Waals surface area contributed by atoms with Crippen LogP contribution in [0.3, 0.4) is 0 Å². The van der Waals surface area contributed by atoms with Gasteiger partial charge in [0.2, 0.25) is 5.91 Å². The van der Waals surface area contributed by atoms with Crippen molar-refractivity contribution in [3.63, 3.8) is 0 Å². The minimum Gasteiger partial charge on any atom is -0.325 e. The van der Waals surface area contributed by atoms with E-state index in [4.69, 9.17) is 23.2 Å². The number of hydrogen-bond donors (Lipinski definition) is 2. The number of carbonyl (C=O) groups is 1. The summed E-state index contributed by atoms with van der Waals surface area (Å²) in [5, 5.41) is 7.14. The van der Waals surface area contributed by atoms with Gasteiger partial charge in [0, 0.05) is 11.4 Å². The maximum absolute atomic E-state index is 11.8. The van der Waals surface area contributed by atoms with Gasteiger partial charge in [-0.05, 0) is 50.0 Å². The monoisotopic (exact) mass is 286 g/mol. The minimum absolute atomic E-state index is 0.00567. The molecule has 3 nitrogen and oxygen atoms in total. The molecule has 1 saturated heterocycles. The number of benzene rings is 1. The molecule has 18 heavy (non-hydrogen) atoms. The third kappa shape index (κ3) is 3.87. The second kappa shape index (κ2) is 6.41. The molecule has 0 radical (unpaired) electrons. The van der Waals surface area contributed by atoms with Crippen molar-refractivity contribution in [2.75, 3.05) is 18.4 Å². The molecule has 2 N–H and O–H groups in total. The lowest BCUT2D eigenvalue weighted by Gasteiger charge is -2.10. The molecule has 1 aromatic rings. The van der Waals surface area contributed by atoms with E-state index >= 15 is 0 Å². The molecule has 1 unspecified atom stereocenters. The summed E-state index contributed by atoms with van der Waals surface area (Å²) in [6.07, 6.45) is 2.62. The largest absolute Gasteiger partial charge is 0.325 e. The van der Waals surface area contributed by atoms with Crippen molar-refractivity contribution < 1.29 is 4.79 Å². The van der Waals surface area contributed by atoms with E-state index in [-0.39, 0.29) is 5.91 Å². The van der Waals surface area contributed by atoms with Crippen LogP contribution >= 0.6 is 23.2 Å². The van der Waals surface area contributed by atoms with Crippen molar-refractivity contribution in [3.8, 4) is 0 Å². The van der Waals surface area contributed by atoms with E-state index in [0.29, 0.717) is 28.1 Å². The van der Waals surface area contributed by atoms with Gasteiger partial charge in [0.05, 0.1) is 10.7 Å². The van der Waals surface area contributed by atoms with Crippen molar-refractivity contribution in [3.05, 3.63) is 28.2 Å². The van der Waals surface area contributed by atoms with Crippen LogP contribution in [-0.2, 0) is 4.79 Å². The molecule has 1 fully saturated rings. The number of rotatable bonds is 4. The molecule has 0 bridgehead atoms. The highest BCUT2D eigenvalue weighted by atomic mass is 35.5. The van der Waals surface area contributed by atoms with Crippen molar-refractivity contribution in [2.45, 2.75) is 19.3 Å². The third-order valence-corrected chi connectivity index (χ3v) is 3.70. The number of anilines is 1. The summed E-state index contributed by atoms with van der Waals surface area (Å²) >= 11 is 11.8. The Bertz CT molecular complexity index is 431. The Morgan fingerprint density at radius 1 is 1.44 bits per heavy atom. The standard InChI is InChI=1S/C13H16Cl2N2O/c14-10-2-3-12(11(15)7-10)17-13(18)4-1-9-5-6-16-8-9/h2-3,7,9,16H,1,4-6,8H2,(H,17,18). The number of nitrogens with one attached hydrogen (secondary N) is 2. The first-order valence-electron chi connectivity index (χ1n) is 6.11. The van der Waals surface area contributed by atoms with Gasteiger partial charge in [-0.25, -0.2) is 0 Å². The predicted molar refractivity (Wildman–Crippen MR) is 75.3 cm³/mol. The van der Waals surface area contributed by atoms with Gasteiger partial charge in [-0.1, -0.05) is 23.2 Å². The van der Waals surface area contributed by atoms with Crippen molar-refractivity contribution in [1.29, 1.82) is 0 Å². The maximum Gasteiger partial charge on any atom is 0.224 e. The first-order chi connectivity index (χ1) is 8.65.